The Hall–Kier alpha value is -1.89. The molecule has 3 atom stereocenters. The van der Waals surface area contributed by atoms with Crippen LogP contribution in [-0.4, -0.2) is 58.8 Å². The van der Waals surface area contributed by atoms with Gasteiger partial charge in [0.05, 0.1) is 38.0 Å². The molecule has 0 radical (unpaired) electrons. The van der Waals surface area contributed by atoms with E-state index in [9.17, 15) is 29.7 Å². The maximum absolute atomic E-state index is 11.5. The topological polar surface area (TPSA) is 115 Å². The van der Waals surface area contributed by atoms with Crippen LogP contribution in [0.2, 0.25) is 0 Å². The Balaban J connectivity index is 4.75. The molecule has 0 aromatic carbocycles. The van der Waals surface area contributed by atoms with E-state index in [0.29, 0.717) is 43.4 Å². The van der Waals surface area contributed by atoms with Crippen molar-refractivity contribution >= 4 is 17.9 Å². The van der Waals surface area contributed by atoms with Crippen LogP contribution in [-0.2, 0) is 14.4 Å². The van der Waals surface area contributed by atoms with Gasteiger partial charge in [0.1, 0.15) is 0 Å². The molecular weight excluding hydrogens is 494 g/mol. The highest BCUT2D eigenvalue weighted by Crippen LogP contribution is 2.21. The molecule has 0 heterocycles. The number of carbonyl (C=O) groups is 3. The van der Waals surface area contributed by atoms with Crippen molar-refractivity contribution in [1.82, 2.24) is 0 Å². The Bertz CT molecular complexity index is 632. The minimum atomic E-state index is -1.08. The van der Waals surface area contributed by atoms with Gasteiger partial charge < -0.3 is 24.6 Å². The molecule has 0 aromatic heterocycles. The van der Waals surface area contributed by atoms with Crippen molar-refractivity contribution in [3.8, 4) is 0 Å². The fourth-order valence-electron chi connectivity index (χ4n) is 4.96. The minimum absolute atomic E-state index is 0.441. The largest absolute Gasteiger partial charge is 0.550 e. The Morgan fingerprint density at radius 2 is 1.00 bits per heavy atom. The molecule has 0 saturated carbocycles. The Morgan fingerprint density at radius 3 is 1.41 bits per heavy atom. The third-order valence-corrected chi connectivity index (χ3v) is 8.25. The highest BCUT2D eigenvalue weighted by atomic mass is 16.4. The summed E-state index contributed by atoms with van der Waals surface area (Å²) >= 11 is 0. The van der Waals surface area contributed by atoms with E-state index < -0.39 is 35.7 Å². The number of carboxylic acids is 3. The molecule has 0 aliphatic carbocycles. The summed E-state index contributed by atoms with van der Waals surface area (Å²) in [5.41, 5.74) is 0. The lowest BCUT2D eigenvalue weighted by Gasteiger charge is -2.41. The summed E-state index contributed by atoms with van der Waals surface area (Å²) in [4.78, 5) is 34.3. The average Bonchev–Trinajstić information content (AvgIpc) is 2.90. The zero-order chi connectivity index (χ0) is 29.5. The van der Waals surface area contributed by atoms with Crippen molar-refractivity contribution in [3.63, 3.8) is 0 Å². The van der Waals surface area contributed by atoms with Gasteiger partial charge in [-0.1, -0.05) is 84.8 Å². The van der Waals surface area contributed by atoms with Crippen molar-refractivity contribution in [1.29, 1.82) is 0 Å². The number of hydrogen-bond acceptors (Lipinski definition) is 4. The van der Waals surface area contributed by atoms with Crippen LogP contribution in [0.25, 0.3) is 0 Å². The average molecular weight is 554 g/mol. The van der Waals surface area contributed by atoms with Gasteiger partial charge in [0.2, 0.25) is 0 Å². The van der Waals surface area contributed by atoms with Gasteiger partial charge in [-0.25, -0.2) is 0 Å². The number of carboxylic acid groups (broad SMARTS) is 3. The van der Waals surface area contributed by atoms with Crippen molar-refractivity contribution in [3.05, 3.63) is 12.2 Å². The maximum atomic E-state index is 11.5. The first-order valence-electron chi connectivity index (χ1n) is 15.7. The zero-order valence-corrected chi connectivity index (χ0v) is 25.5. The molecule has 0 fully saturated rings. The van der Waals surface area contributed by atoms with Crippen LogP contribution in [0.3, 0.4) is 0 Å². The predicted octanol–water partition coefficient (Wildman–Crippen LogP) is 6.45. The van der Waals surface area contributed by atoms with Gasteiger partial charge in [0.25, 0.3) is 0 Å². The van der Waals surface area contributed by atoms with Crippen LogP contribution in [0.1, 0.15) is 130 Å². The van der Waals surface area contributed by atoms with Gasteiger partial charge in [0, 0.05) is 31.1 Å². The van der Waals surface area contributed by atoms with Crippen LogP contribution in [0, 0.1) is 17.8 Å². The number of allylic oxidation sites excluding steroid dienone is 2. The van der Waals surface area contributed by atoms with Gasteiger partial charge in [-0.05, 0) is 38.5 Å². The maximum Gasteiger partial charge on any atom is 0.306 e. The monoisotopic (exact) mass is 553 g/mol. The van der Waals surface area contributed by atoms with Gasteiger partial charge in [-0.3, -0.25) is 9.59 Å². The van der Waals surface area contributed by atoms with Crippen molar-refractivity contribution in [2.45, 2.75) is 130 Å². The summed E-state index contributed by atoms with van der Waals surface area (Å²) in [5.74, 6) is -4.33. The van der Waals surface area contributed by atoms with E-state index in [0.717, 1.165) is 32.2 Å². The van der Waals surface area contributed by atoms with Crippen molar-refractivity contribution < 1.29 is 34.2 Å². The molecule has 0 spiro atoms. The SMILES string of the molecule is CCCCCCCC/C=C/CCCCCCC[N+](CCC(C)C(=O)[O-])(CCC(C)C(=O)O)CCC(C)C(=O)O. The Labute approximate surface area is 238 Å². The van der Waals surface area contributed by atoms with E-state index in [4.69, 9.17) is 0 Å². The van der Waals surface area contributed by atoms with Crippen LogP contribution in [0.15, 0.2) is 12.2 Å². The van der Waals surface area contributed by atoms with Crippen LogP contribution < -0.4 is 5.11 Å². The van der Waals surface area contributed by atoms with E-state index >= 15 is 0 Å². The molecule has 228 valence electrons. The lowest BCUT2D eigenvalue weighted by Crippen LogP contribution is -2.52. The second-order valence-corrected chi connectivity index (χ2v) is 11.9. The molecule has 2 N–H and O–H groups in total. The number of quaternary nitrogens is 1. The van der Waals surface area contributed by atoms with Crippen LogP contribution in [0.5, 0.6) is 0 Å². The molecule has 3 unspecified atom stereocenters. The third-order valence-electron chi connectivity index (χ3n) is 8.25. The van der Waals surface area contributed by atoms with E-state index in [2.05, 4.69) is 19.1 Å². The molecule has 0 aliphatic rings. The van der Waals surface area contributed by atoms with Gasteiger partial charge in [0.15, 0.2) is 0 Å². The number of rotatable bonds is 27. The van der Waals surface area contributed by atoms with Gasteiger partial charge in [-0.2, -0.15) is 0 Å². The van der Waals surface area contributed by atoms with E-state index in [1.165, 1.54) is 57.8 Å². The number of nitrogens with zero attached hydrogens (tertiary/aromatic N) is 1. The fourth-order valence-corrected chi connectivity index (χ4v) is 4.96. The summed E-state index contributed by atoms with van der Waals surface area (Å²) in [7, 11) is 0. The lowest BCUT2D eigenvalue weighted by molar-refractivity contribution is -0.929. The minimum Gasteiger partial charge on any atom is -0.550 e. The number of aliphatic carboxylic acids is 3. The summed E-state index contributed by atoms with van der Waals surface area (Å²) < 4.78 is 0.577. The van der Waals surface area contributed by atoms with Gasteiger partial charge >= 0.3 is 11.9 Å². The van der Waals surface area contributed by atoms with Crippen molar-refractivity contribution in [2.24, 2.45) is 17.8 Å². The molecule has 0 amide bonds. The molecule has 0 rings (SSSR count). The lowest BCUT2D eigenvalue weighted by atomic mass is 10.0. The zero-order valence-electron chi connectivity index (χ0n) is 25.5. The number of hydrogen-bond donors (Lipinski definition) is 2. The van der Waals surface area contributed by atoms with Crippen LogP contribution >= 0.6 is 0 Å². The fraction of sp³-hybridized carbons (Fsp3) is 0.844. The molecule has 0 bridgehead atoms. The van der Waals surface area contributed by atoms with E-state index in [1.54, 1.807) is 20.8 Å². The normalized spacial score (nSPS) is 15.6. The smallest absolute Gasteiger partial charge is 0.306 e. The first-order valence-corrected chi connectivity index (χ1v) is 15.7. The van der Waals surface area contributed by atoms with Gasteiger partial charge in [-0.15, -0.1) is 0 Å². The summed E-state index contributed by atoms with van der Waals surface area (Å²) in [6.45, 7) is 9.92. The highest BCUT2D eigenvalue weighted by Gasteiger charge is 2.30. The van der Waals surface area contributed by atoms with Crippen LogP contribution in [0.4, 0.5) is 0 Å². The quantitative estimate of drug-likeness (QED) is 0.0686. The molecule has 0 saturated heterocycles. The predicted molar refractivity (Wildman–Crippen MR) is 156 cm³/mol. The standard InChI is InChI=1S/C32H59NO6/c1-5-6-7-8-9-10-11-12-13-14-15-16-17-18-19-23-33(24-20-27(2)30(34)35,25-21-28(3)31(36)37)26-22-29(4)32(38)39/h12-13,27-29H,5-11,14-26H2,1-4H3,(H2-,34,35,36,37,38,39)/b13-12+. The van der Waals surface area contributed by atoms with E-state index in [1.807, 2.05) is 0 Å². The molecule has 7 heteroatoms. The second-order valence-electron chi connectivity index (χ2n) is 11.9. The number of carbonyl (C=O) groups excluding carboxylic acids is 1. The second kappa shape index (κ2) is 22.9. The summed E-state index contributed by atoms with van der Waals surface area (Å²) in [5, 5.41) is 30.2. The molecule has 0 aliphatic heterocycles. The molecule has 7 nitrogen and oxygen atoms in total. The molecule has 39 heavy (non-hydrogen) atoms. The number of unbranched alkanes of at least 4 members (excludes halogenated alkanes) is 11. The highest BCUT2D eigenvalue weighted by molar-refractivity contribution is 5.69. The summed E-state index contributed by atoms with van der Waals surface area (Å²) in [6, 6.07) is 0. The first kappa shape index (κ1) is 37.1. The summed E-state index contributed by atoms with van der Waals surface area (Å²) in [6.07, 6.45) is 21.9. The Kier molecular flexibility index (Phi) is 21.8. The molecule has 0 aromatic rings. The van der Waals surface area contributed by atoms with E-state index in [-0.39, 0.29) is 0 Å². The molecular formula is C32H59NO6. The Morgan fingerprint density at radius 1 is 0.615 bits per heavy atom. The van der Waals surface area contributed by atoms with Crippen molar-refractivity contribution in [2.75, 3.05) is 26.2 Å². The third kappa shape index (κ3) is 19.8. The first-order chi connectivity index (χ1) is 18.5.